The Morgan fingerprint density at radius 1 is 0.951 bits per heavy atom. The second-order valence-electron chi connectivity index (χ2n) is 8.57. The number of nitrogens with zero attached hydrogens (tertiary/aromatic N) is 1. The van der Waals surface area contributed by atoms with Crippen LogP contribution in [0.5, 0.6) is 11.5 Å². The van der Waals surface area contributed by atoms with E-state index in [1.807, 2.05) is 18.4 Å². The molecule has 9 nitrogen and oxygen atoms in total. The third-order valence-electron chi connectivity index (χ3n) is 5.59. The van der Waals surface area contributed by atoms with Gasteiger partial charge in [-0.3, -0.25) is 14.4 Å². The van der Waals surface area contributed by atoms with Crippen LogP contribution in [0.1, 0.15) is 21.6 Å². The van der Waals surface area contributed by atoms with Gasteiger partial charge in [-0.15, -0.1) is 23.1 Å². The topological polar surface area (TPSA) is 119 Å². The first-order chi connectivity index (χ1) is 19.9. The number of carbonyl (C=O) groups excluding carboxylic acids is 3. The molecule has 0 aliphatic heterocycles. The monoisotopic (exact) mass is 588 g/mol. The van der Waals surface area contributed by atoms with Crippen molar-refractivity contribution in [3.63, 3.8) is 0 Å². The zero-order valence-corrected chi connectivity index (χ0v) is 24.2. The molecule has 4 aromatic rings. The maximum absolute atomic E-state index is 13.5. The molecule has 11 heteroatoms. The maximum Gasteiger partial charge on any atom is 0.272 e. The molecule has 0 saturated carbocycles. The zero-order valence-electron chi connectivity index (χ0n) is 22.6. The summed E-state index contributed by atoms with van der Waals surface area (Å²) < 4.78 is 10.9. The predicted octanol–water partition coefficient (Wildman–Crippen LogP) is 5.61. The second kappa shape index (κ2) is 14.1. The molecule has 3 amide bonds. The van der Waals surface area contributed by atoms with E-state index in [1.54, 1.807) is 66.7 Å². The van der Waals surface area contributed by atoms with E-state index in [0.29, 0.717) is 33.4 Å². The minimum absolute atomic E-state index is 0.00146. The number of ether oxygens (including phenoxy) is 2. The number of aromatic nitrogens is 1. The molecule has 3 aromatic carbocycles. The Morgan fingerprint density at radius 2 is 1.73 bits per heavy atom. The van der Waals surface area contributed by atoms with Crippen LogP contribution in [0.25, 0.3) is 6.08 Å². The Kier molecular flexibility index (Phi) is 10.1. The van der Waals surface area contributed by atoms with Gasteiger partial charge in [-0.2, -0.15) is 0 Å². The van der Waals surface area contributed by atoms with Gasteiger partial charge in [-0.1, -0.05) is 36.4 Å². The molecule has 0 atom stereocenters. The van der Waals surface area contributed by atoms with E-state index in [4.69, 9.17) is 9.47 Å². The number of thioether (sulfide) groups is 1. The summed E-state index contributed by atoms with van der Waals surface area (Å²) >= 11 is 2.69. The van der Waals surface area contributed by atoms with E-state index in [-0.39, 0.29) is 17.4 Å². The number of nitrogens with one attached hydrogen (secondary N) is 3. The van der Waals surface area contributed by atoms with E-state index in [1.165, 1.54) is 43.4 Å². The van der Waals surface area contributed by atoms with E-state index >= 15 is 0 Å². The Morgan fingerprint density at radius 3 is 2.44 bits per heavy atom. The van der Waals surface area contributed by atoms with Gasteiger partial charge in [0.05, 0.1) is 25.7 Å². The summed E-state index contributed by atoms with van der Waals surface area (Å²) in [4.78, 5) is 43.8. The van der Waals surface area contributed by atoms with Crippen molar-refractivity contribution in [2.45, 2.75) is 11.8 Å². The normalized spacial score (nSPS) is 11.0. The Hall–Kier alpha value is -4.61. The first-order valence-electron chi connectivity index (χ1n) is 12.4. The maximum atomic E-state index is 13.5. The average molecular weight is 589 g/mol. The predicted molar refractivity (Wildman–Crippen MR) is 163 cm³/mol. The lowest BCUT2D eigenvalue weighted by Gasteiger charge is -2.14. The molecule has 4 rings (SSSR count). The Bertz CT molecular complexity index is 1570. The van der Waals surface area contributed by atoms with Gasteiger partial charge in [-0.25, -0.2) is 4.98 Å². The van der Waals surface area contributed by atoms with Crippen molar-refractivity contribution in [2.24, 2.45) is 0 Å². The molecule has 0 unspecified atom stereocenters. The number of benzene rings is 3. The van der Waals surface area contributed by atoms with Gasteiger partial charge in [0.25, 0.3) is 11.8 Å². The van der Waals surface area contributed by atoms with Crippen LogP contribution in [0.4, 0.5) is 10.8 Å². The summed E-state index contributed by atoms with van der Waals surface area (Å²) in [5, 5.41) is 10.8. The summed E-state index contributed by atoms with van der Waals surface area (Å²) in [5.74, 6) is -0.102. The minimum Gasteiger partial charge on any atom is -0.493 e. The molecule has 0 aliphatic rings. The van der Waals surface area contributed by atoms with Crippen LogP contribution >= 0.6 is 23.1 Å². The standard InChI is InChI=1S/C30H28N4O5S2/c1-19-17-41-30(31-19)34-26(35)18-40-23-13-8-12-22(16-23)32-29(37)24(33-28(36)20-9-5-4-6-10-20)15-21-11-7-14-25(38-2)27(21)39-3/h4-17H,18H2,1-3H3,(H,32,37)(H,33,36)(H,31,34,35)/b24-15+. The highest BCUT2D eigenvalue weighted by molar-refractivity contribution is 8.00. The quantitative estimate of drug-likeness (QED) is 0.154. The molecular formula is C30H28N4O5S2. The van der Waals surface area contributed by atoms with E-state index in [9.17, 15) is 14.4 Å². The van der Waals surface area contributed by atoms with Crippen LogP contribution in [-0.2, 0) is 9.59 Å². The number of rotatable bonds is 11. The minimum atomic E-state index is -0.543. The first-order valence-corrected chi connectivity index (χ1v) is 14.3. The lowest BCUT2D eigenvalue weighted by Crippen LogP contribution is -2.30. The molecule has 0 spiro atoms. The Balaban J connectivity index is 1.52. The summed E-state index contributed by atoms with van der Waals surface area (Å²) in [7, 11) is 3.02. The number of hydrogen-bond donors (Lipinski definition) is 3. The third kappa shape index (κ3) is 8.19. The van der Waals surface area contributed by atoms with Crippen molar-refractivity contribution in [3.05, 3.63) is 101 Å². The zero-order chi connectivity index (χ0) is 29.2. The highest BCUT2D eigenvalue weighted by atomic mass is 32.2. The molecule has 41 heavy (non-hydrogen) atoms. The number of hydrogen-bond acceptors (Lipinski definition) is 8. The van der Waals surface area contributed by atoms with Crippen LogP contribution in [0.2, 0.25) is 0 Å². The second-order valence-corrected chi connectivity index (χ2v) is 10.5. The van der Waals surface area contributed by atoms with Gasteiger partial charge in [-0.05, 0) is 49.4 Å². The number of thiazole rings is 1. The Labute approximate surface area is 246 Å². The van der Waals surface area contributed by atoms with Crippen LogP contribution < -0.4 is 25.4 Å². The highest BCUT2D eigenvalue weighted by Crippen LogP contribution is 2.32. The highest BCUT2D eigenvalue weighted by Gasteiger charge is 2.18. The van der Waals surface area contributed by atoms with Crippen LogP contribution in [0.15, 0.2) is 88.8 Å². The van der Waals surface area contributed by atoms with Gasteiger partial charge in [0.1, 0.15) is 5.70 Å². The van der Waals surface area contributed by atoms with E-state index in [2.05, 4.69) is 20.9 Å². The largest absolute Gasteiger partial charge is 0.493 e. The van der Waals surface area contributed by atoms with E-state index in [0.717, 1.165) is 10.6 Å². The fraction of sp³-hybridized carbons (Fsp3) is 0.133. The van der Waals surface area contributed by atoms with Crippen molar-refractivity contribution in [2.75, 3.05) is 30.6 Å². The molecule has 0 radical (unpaired) electrons. The lowest BCUT2D eigenvalue weighted by molar-refractivity contribution is -0.114. The number of anilines is 2. The molecular weight excluding hydrogens is 560 g/mol. The van der Waals surface area contributed by atoms with Crippen molar-refractivity contribution in [1.82, 2.24) is 10.3 Å². The number of methoxy groups -OCH3 is 2. The van der Waals surface area contributed by atoms with Crippen molar-refractivity contribution in [1.29, 1.82) is 0 Å². The van der Waals surface area contributed by atoms with Crippen LogP contribution in [-0.4, -0.2) is 42.7 Å². The summed E-state index contributed by atoms with van der Waals surface area (Å²) in [6.45, 7) is 1.86. The molecule has 3 N–H and O–H groups in total. The van der Waals surface area contributed by atoms with Gasteiger partial charge < -0.3 is 25.4 Å². The number of para-hydroxylation sites is 1. The van der Waals surface area contributed by atoms with Gasteiger partial charge in [0.2, 0.25) is 5.91 Å². The molecule has 1 aromatic heterocycles. The molecule has 0 fully saturated rings. The molecule has 1 heterocycles. The number of aryl methyl sites for hydroxylation is 1. The fourth-order valence-electron chi connectivity index (χ4n) is 3.70. The summed E-state index contributed by atoms with van der Waals surface area (Å²) in [5.41, 5.74) is 2.28. The van der Waals surface area contributed by atoms with Crippen molar-refractivity contribution < 1.29 is 23.9 Å². The van der Waals surface area contributed by atoms with Crippen LogP contribution in [0, 0.1) is 6.92 Å². The van der Waals surface area contributed by atoms with Crippen molar-refractivity contribution in [3.8, 4) is 11.5 Å². The third-order valence-corrected chi connectivity index (χ3v) is 7.46. The average Bonchev–Trinajstić information content (AvgIpc) is 3.40. The fourth-order valence-corrected chi connectivity index (χ4v) is 5.16. The van der Waals surface area contributed by atoms with Crippen molar-refractivity contribution >= 4 is 57.7 Å². The van der Waals surface area contributed by atoms with E-state index < -0.39 is 11.8 Å². The molecule has 210 valence electrons. The lowest BCUT2D eigenvalue weighted by atomic mass is 10.1. The SMILES string of the molecule is COc1cccc(/C=C(/NC(=O)c2ccccc2)C(=O)Nc2cccc(SCC(=O)Nc3nc(C)cs3)c2)c1OC. The van der Waals surface area contributed by atoms with Gasteiger partial charge in [0.15, 0.2) is 16.6 Å². The first kappa shape index (κ1) is 29.4. The number of carbonyl (C=O) groups is 3. The van der Waals surface area contributed by atoms with Gasteiger partial charge >= 0.3 is 0 Å². The number of amides is 3. The molecule has 0 saturated heterocycles. The molecule has 0 aliphatic carbocycles. The smallest absolute Gasteiger partial charge is 0.272 e. The van der Waals surface area contributed by atoms with Gasteiger partial charge in [0, 0.05) is 27.1 Å². The van der Waals surface area contributed by atoms with Crippen LogP contribution in [0.3, 0.4) is 0 Å². The summed E-state index contributed by atoms with van der Waals surface area (Å²) in [6.07, 6.45) is 1.53. The summed E-state index contributed by atoms with van der Waals surface area (Å²) in [6, 6.07) is 20.9. The molecule has 0 bridgehead atoms.